The Labute approximate surface area is 226 Å². The van der Waals surface area contributed by atoms with E-state index in [4.69, 9.17) is 16.3 Å². The van der Waals surface area contributed by atoms with Crippen molar-refractivity contribution in [2.45, 2.75) is 65.6 Å². The SMILES string of the molecule is CCOc1ccc(N(CCCC(=O)N(Cc2ccccc2Cl)[C@H](CC)C(=O)NC(C)C)S(C)(=O)=O)cc1. The Bertz CT molecular complexity index is 1140. The van der Waals surface area contributed by atoms with E-state index in [1.54, 1.807) is 41.3 Å². The molecule has 0 aliphatic heterocycles. The zero-order chi connectivity index (χ0) is 27.6. The minimum Gasteiger partial charge on any atom is -0.494 e. The molecular formula is C27H38ClN3O5S. The summed E-state index contributed by atoms with van der Waals surface area (Å²) >= 11 is 6.36. The Balaban J connectivity index is 2.21. The first-order valence-electron chi connectivity index (χ1n) is 12.5. The lowest BCUT2D eigenvalue weighted by molar-refractivity contribution is -0.141. The molecule has 10 heteroatoms. The number of rotatable bonds is 14. The van der Waals surface area contributed by atoms with Gasteiger partial charge in [-0.1, -0.05) is 36.7 Å². The molecule has 0 spiro atoms. The number of halogens is 1. The Morgan fingerprint density at radius 2 is 1.70 bits per heavy atom. The van der Waals surface area contributed by atoms with E-state index in [1.807, 2.05) is 39.8 Å². The summed E-state index contributed by atoms with van der Waals surface area (Å²) in [5, 5.41) is 3.41. The van der Waals surface area contributed by atoms with Crippen molar-refractivity contribution in [3.8, 4) is 5.75 Å². The van der Waals surface area contributed by atoms with Gasteiger partial charge in [-0.25, -0.2) is 8.42 Å². The van der Waals surface area contributed by atoms with Crippen LogP contribution < -0.4 is 14.4 Å². The fraction of sp³-hybridized carbons (Fsp3) is 0.481. The van der Waals surface area contributed by atoms with Crippen molar-refractivity contribution < 1.29 is 22.7 Å². The standard InChI is InChI=1S/C27H38ClN3O5S/c1-6-25(27(33)29-20(3)4)30(19-21-11-8-9-12-24(21)28)26(32)13-10-18-31(37(5,34)35)22-14-16-23(17-15-22)36-7-2/h8-9,11-12,14-17,20,25H,6-7,10,13,18-19H2,1-5H3,(H,29,33)/t25-/m1/s1. The molecule has 0 saturated heterocycles. The average molecular weight is 552 g/mol. The summed E-state index contributed by atoms with van der Waals surface area (Å²) in [5.41, 5.74) is 1.23. The van der Waals surface area contributed by atoms with Crippen LogP contribution in [0.25, 0.3) is 0 Å². The van der Waals surface area contributed by atoms with Crippen LogP contribution in [0.15, 0.2) is 48.5 Å². The third kappa shape index (κ3) is 9.23. The number of amides is 2. The molecule has 204 valence electrons. The van der Waals surface area contributed by atoms with Crippen LogP contribution in [-0.4, -0.2) is 56.6 Å². The van der Waals surface area contributed by atoms with Gasteiger partial charge in [0.15, 0.2) is 0 Å². The summed E-state index contributed by atoms with van der Waals surface area (Å²) in [7, 11) is -3.58. The van der Waals surface area contributed by atoms with Crippen LogP contribution in [0.2, 0.25) is 5.02 Å². The lowest BCUT2D eigenvalue weighted by Gasteiger charge is -2.32. The van der Waals surface area contributed by atoms with Gasteiger partial charge in [-0.05, 0) is 69.5 Å². The van der Waals surface area contributed by atoms with E-state index in [0.29, 0.717) is 29.5 Å². The summed E-state index contributed by atoms with van der Waals surface area (Å²) in [6, 6.07) is 13.3. The molecule has 1 atom stereocenters. The van der Waals surface area contributed by atoms with Gasteiger partial charge < -0.3 is 15.0 Å². The number of hydrogen-bond donors (Lipinski definition) is 1. The van der Waals surface area contributed by atoms with Gasteiger partial charge in [0, 0.05) is 30.6 Å². The number of ether oxygens (including phenoxy) is 1. The van der Waals surface area contributed by atoms with Crippen LogP contribution in [0, 0.1) is 0 Å². The van der Waals surface area contributed by atoms with Crippen LogP contribution >= 0.6 is 11.6 Å². The van der Waals surface area contributed by atoms with Crippen molar-refractivity contribution in [3.05, 3.63) is 59.1 Å². The lowest BCUT2D eigenvalue weighted by atomic mass is 10.1. The molecule has 8 nitrogen and oxygen atoms in total. The molecule has 0 radical (unpaired) electrons. The molecule has 37 heavy (non-hydrogen) atoms. The van der Waals surface area contributed by atoms with Gasteiger partial charge in [0.1, 0.15) is 11.8 Å². The number of benzene rings is 2. The van der Waals surface area contributed by atoms with Crippen molar-refractivity contribution in [1.82, 2.24) is 10.2 Å². The molecule has 0 heterocycles. The summed E-state index contributed by atoms with van der Waals surface area (Å²) in [4.78, 5) is 27.9. The topological polar surface area (TPSA) is 96.0 Å². The second kappa shape index (κ2) is 14.2. The highest BCUT2D eigenvalue weighted by Gasteiger charge is 2.29. The van der Waals surface area contributed by atoms with Crippen molar-refractivity contribution in [2.75, 3.05) is 23.7 Å². The molecule has 0 aliphatic carbocycles. The summed E-state index contributed by atoms with van der Waals surface area (Å²) in [6.07, 6.45) is 1.91. The van der Waals surface area contributed by atoms with Crippen molar-refractivity contribution in [2.24, 2.45) is 0 Å². The number of nitrogens with zero attached hydrogens (tertiary/aromatic N) is 2. The number of carbonyl (C=O) groups excluding carboxylic acids is 2. The minimum atomic E-state index is -3.58. The number of nitrogens with one attached hydrogen (secondary N) is 1. The summed E-state index contributed by atoms with van der Waals surface area (Å²) in [6.45, 7) is 8.27. The maximum Gasteiger partial charge on any atom is 0.243 e. The first-order chi connectivity index (χ1) is 17.5. The second-order valence-electron chi connectivity index (χ2n) is 9.07. The van der Waals surface area contributed by atoms with E-state index >= 15 is 0 Å². The van der Waals surface area contributed by atoms with E-state index in [1.165, 1.54) is 4.31 Å². The largest absolute Gasteiger partial charge is 0.494 e. The van der Waals surface area contributed by atoms with Gasteiger partial charge in [-0.15, -0.1) is 0 Å². The molecular weight excluding hydrogens is 514 g/mol. The Kier molecular flexibility index (Phi) is 11.7. The maximum atomic E-state index is 13.5. The van der Waals surface area contributed by atoms with E-state index in [-0.39, 0.29) is 43.8 Å². The van der Waals surface area contributed by atoms with Gasteiger partial charge in [0.2, 0.25) is 21.8 Å². The zero-order valence-corrected chi connectivity index (χ0v) is 23.8. The van der Waals surface area contributed by atoms with Gasteiger partial charge >= 0.3 is 0 Å². The van der Waals surface area contributed by atoms with Crippen LogP contribution in [0.1, 0.15) is 52.5 Å². The van der Waals surface area contributed by atoms with E-state index < -0.39 is 16.1 Å². The second-order valence-corrected chi connectivity index (χ2v) is 11.4. The fourth-order valence-corrected chi connectivity index (χ4v) is 5.15. The van der Waals surface area contributed by atoms with Gasteiger partial charge in [-0.3, -0.25) is 13.9 Å². The van der Waals surface area contributed by atoms with Crippen LogP contribution in [0.5, 0.6) is 5.75 Å². The molecule has 1 N–H and O–H groups in total. The maximum absolute atomic E-state index is 13.5. The molecule has 0 aromatic heterocycles. The summed E-state index contributed by atoms with van der Waals surface area (Å²) < 4.78 is 31.7. The fourth-order valence-electron chi connectivity index (χ4n) is 3.99. The van der Waals surface area contributed by atoms with Crippen molar-refractivity contribution >= 4 is 39.1 Å². The quantitative estimate of drug-likeness (QED) is 0.370. The van der Waals surface area contributed by atoms with Gasteiger partial charge in [-0.2, -0.15) is 0 Å². The predicted molar refractivity (Wildman–Crippen MR) is 148 cm³/mol. The zero-order valence-electron chi connectivity index (χ0n) is 22.2. The Hall–Kier alpha value is -2.78. The van der Waals surface area contributed by atoms with Gasteiger partial charge in [0.25, 0.3) is 0 Å². The molecule has 0 unspecified atom stereocenters. The van der Waals surface area contributed by atoms with Crippen LogP contribution in [0.3, 0.4) is 0 Å². The number of anilines is 1. The summed E-state index contributed by atoms with van der Waals surface area (Å²) in [5.74, 6) is 0.172. The third-order valence-electron chi connectivity index (χ3n) is 5.70. The third-order valence-corrected chi connectivity index (χ3v) is 7.27. The first kappa shape index (κ1) is 30.4. The highest BCUT2D eigenvalue weighted by atomic mass is 35.5. The molecule has 2 rings (SSSR count). The lowest BCUT2D eigenvalue weighted by Crippen LogP contribution is -2.50. The highest BCUT2D eigenvalue weighted by molar-refractivity contribution is 7.92. The molecule has 0 fully saturated rings. The molecule has 0 aliphatic rings. The Morgan fingerprint density at radius 3 is 2.24 bits per heavy atom. The number of carbonyl (C=O) groups is 2. The monoisotopic (exact) mass is 551 g/mol. The molecule has 2 aromatic carbocycles. The number of sulfonamides is 1. The highest BCUT2D eigenvalue weighted by Crippen LogP contribution is 2.24. The molecule has 0 bridgehead atoms. The predicted octanol–water partition coefficient (Wildman–Crippen LogP) is 4.62. The van der Waals surface area contributed by atoms with Gasteiger partial charge in [0.05, 0.1) is 18.6 Å². The Morgan fingerprint density at radius 1 is 1.05 bits per heavy atom. The molecule has 2 aromatic rings. The average Bonchev–Trinajstić information content (AvgIpc) is 2.82. The van der Waals surface area contributed by atoms with Crippen LogP contribution in [0.4, 0.5) is 5.69 Å². The van der Waals surface area contributed by atoms with E-state index in [0.717, 1.165) is 11.8 Å². The first-order valence-corrected chi connectivity index (χ1v) is 14.7. The van der Waals surface area contributed by atoms with Crippen LogP contribution in [-0.2, 0) is 26.2 Å². The smallest absolute Gasteiger partial charge is 0.243 e. The van der Waals surface area contributed by atoms with Crippen molar-refractivity contribution in [1.29, 1.82) is 0 Å². The minimum absolute atomic E-state index is 0.0684. The molecule has 2 amide bonds. The van der Waals surface area contributed by atoms with Crippen molar-refractivity contribution in [3.63, 3.8) is 0 Å². The van der Waals surface area contributed by atoms with E-state index in [9.17, 15) is 18.0 Å². The normalized spacial score (nSPS) is 12.2. The molecule has 0 saturated carbocycles. The van der Waals surface area contributed by atoms with E-state index in [2.05, 4.69) is 5.32 Å². The number of hydrogen-bond acceptors (Lipinski definition) is 5.